The highest BCUT2D eigenvalue weighted by atomic mass is 16.4. The second kappa shape index (κ2) is 5.20. The van der Waals surface area contributed by atoms with Gasteiger partial charge >= 0.3 is 7.12 Å². The molecule has 0 aliphatic rings. The number of allylic oxidation sites excluding steroid dienone is 2. The molecule has 0 rings (SSSR count). The minimum Gasteiger partial charge on any atom is -0.427 e. The fourth-order valence-electron chi connectivity index (χ4n) is 0.658. The molecule has 56 valence electrons. The van der Waals surface area contributed by atoms with Gasteiger partial charge in [-0.1, -0.05) is 12.2 Å². The van der Waals surface area contributed by atoms with Crippen LogP contribution in [0.5, 0.6) is 0 Å². The van der Waals surface area contributed by atoms with E-state index in [1.165, 1.54) is 0 Å². The molecule has 0 radical (unpaired) electrons. The first-order valence-corrected chi connectivity index (χ1v) is 3.15. The summed E-state index contributed by atoms with van der Waals surface area (Å²) in [5, 5.41) is 17.2. The molecule has 0 spiro atoms. The predicted octanol–water partition coefficient (Wildman–Crippen LogP) is -0.00550. The van der Waals surface area contributed by atoms with E-state index in [2.05, 4.69) is 0 Å². The molecule has 0 aliphatic heterocycles. The van der Waals surface area contributed by atoms with Crippen molar-refractivity contribution in [3.05, 3.63) is 12.2 Å². The zero-order valence-corrected chi connectivity index (χ0v) is 5.90. The van der Waals surface area contributed by atoms with Crippen LogP contribution in [0.25, 0.3) is 0 Å². The van der Waals surface area contributed by atoms with E-state index in [0.717, 1.165) is 0 Å². The van der Waals surface area contributed by atoms with Gasteiger partial charge in [0, 0.05) is 12.2 Å². The monoisotopic (exact) mass is 142 g/mol. The third-order valence-corrected chi connectivity index (χ3v) is 1.19. The molecule has 2 N–H and O–H groups in total. The summed E-state index contributed by atoms with van der Waals surface area (Å²) in [6, 6.07) is 0. The normalized spacial score (nSPS) is 13.5. The summed E-state index contributed by atoms with van der Waals surface area (Å²) in [5.74, 6) is -0.456. The van der Waals surface area contributed by atoms with Crippen molar-refractivity contribution in [2.45, 2.75) is 19.2 Å². The van der Waals surface area contributed by atoms with E-state index < -0.39 is 12.9 Å². The first kappa shape index (κ1) is 9.39. The molecule has 0 bridgehead atoms. The van der Waals surface area contributed by atoms with Gasteiger partial charge in [-0.05, 0) is 6.92 Å². The van der Waals surface area contributed by atoms with Crippen molar-refractivity contribution >= 4 is 13.4 Å². The van der Waals surface area contributed by atoms with Gasteiger partial charge in [0.15, 0.2) is 0 Å². The second-order valence-electron chi connectivity index (χ2n) is 2.01. The van der Waals surface area contributed by atoms with E-state index >= 15 is 0 Å². The molecule has 0 saturated carbocycles. The van der Waals surface area contributed by atoms with Crippen molar-refractivity contribution in [2.24, 2.45) is 0 Å². The summed E-state index contributed by atoms with van der Waals surface area (Å²) in [5.41, 5.74) is 0. The Hall–Kier alpha value is -0.605. The molecule has 4 heteroatoms. The molecule has 0 saturated heterocycles. The first-order valence-electron chi connectivity index (χ1n) is 3.15. The average molecular weight is 142 g/mol. The Morgan fingerprint density at radius 3 is 2.50 bits per heavy atom. The van der Waals surface area contributed by atoms with Crippen molar-refractivity contribution in [3.63, 3.8) is 0 Å². The fraction of sp³-hybridized carbons (Fsp3) is 0.500. The summed E-state index contributed by atoms with van der Waals surface area (Å²) in [6.45, 7) is 1.76. The first-order chi connectivity index (χ1) is 4.72. The van der Waals surface area contributed by atoms with Crippen LogP contribution in [0.3, 0.4) is 0 Å². The number of rotatable bonds is 4. The zero-order valence-electron chi connectivity index (χ0n) is 5.90. The molecule has 0 aliphatic carbocycles. The lowest BCUT2D eigenvalue weighted by Crippen LogP contribution is -2.18. The summed E-state index contributed by atoms with van der Waals surface area (Å²) in [6.07, 6.45) is 4.11. The predicted molar refractivity (Wildman–Crippen MR) is 39.4 cm³/mol. The fourth-order valence-corrected chi connectivity index (χ4v) is 0.658. The largest absolute Gasteiger partial charge is 0.459 e. The van der Waals surface area contributed by atoms with Crippen LogP contribution in [0, 0.1) is 0 Å². The lowest BCUT2D eigenvalue weighted by atomic mass is 9.71. The van der Waals surface area contributed by atoms with Gasteiger partial charge < -0.3 is 14.8 Å². The summed E-state index contributed by atoms with van der Waals surface area (Å²) < 4.78 is 0. The molecule has 0 aromatic heterocycles. The van der Waals surface area contributed by atoms with Gasteiger partial charge in [0.2, 0.25) is 0 Å². The quantitative estimate of drug-likeness (QED) is 0.329. The Balaban J connectivity index is 3.84. The highest BCUT2D eigenvalue weighted by Gasteiger charge is 2.18. The summed E-state index contributed by atoms with van der Waals surface area (Å²) in [7, 11) is -1.43. The highest BCUT2D eigenvalue weighted by molar-refractivity contribution is 6.44. The molecule has 0 aromatic carbocycles. The van der Waals surface area contributed by atoms with Gasteiger partial charge in [-0.2, -0.15) is 0 Å². The second-order valence-corrected chi connectivity index (χ2v) is 2.01. The third kappa shape index (κ3) is 3.43. The molecular formula is C6H11BO3. The zero-order chi connectivity index (χ0) is 7.98. The molecule has 3 nitrogen and oxygen atoms in total. The van der Waals surface area contributed by atoms with Crippen molar-refractivity contribution in [3.8, 4) is 0 Å². The van der Waals surface area contributed by atoms with E-state index in [1.807, 2.05) is 0 Å². The molecule has 10 heavy (non-hydrogen) atoms. The van der Waals surface area contributed by atoms with Crippen LogP contribution in [0.4, 0.5) is 0 Å². The maximum atomic E-state index is 9.94. The van der Waals surface area contributed by atoms with Crippen LogP contribution < -0.4 is 0 Å². The molecule has 0 heterocycles. The van der Waals surface area contributed by atoms with Crippen molar-refractivity contribution < 1.29 is 14.8 Å². The highest BCUT2D eigenvalue weighted by Crippen LogP contribution is 2.11. The van der Waals surface area contributed by atoms with Gasteiger partial charge in [0.25, 0.3) is 0 Å². The molecule has 0 fully saturated rings. The number of hydrogen-bond donors (Lipinski definition) is 2. The molecule has 0 aromatic rings. The van der Waals surface area contributed by atoms with Gasteiger partial charge in [-0.25, -0.2) is 0 Å². The molecular weight excluding hydrogens is 131 g/mol. The number of hydrogen-bond acceptors (Lipinski definition) is 3. The average Bonchev–Trinajstić information content (AvgIpc) is 1.87. The van der Waals surface area contributed by atoms with Crippen LogP contribution >= 0.6 is 0 Å². The lowest BCUT2D eigenvalue weighted by Gasteiger charge is -2.04. The van der Waals surface area contributed by atoms with E-state index in [0.29, 0.717) is 6.29 Å². The van der Waals surface area contributed by atoms with Crippen molar-refractivity contribution in [1.82, 2.24) is 0 Å². The van der Waals surface area contributed by atoms with Gasteiger partial charge in [-0.15, -0.1) is 0 Å². The Bertz CT molecular complexity index is 122. The maximum absolute atomic E-state index is 9.94. The Labute approximate surface area is 60.5 Å². The van der Waals surface area contributed by atoms with Crippen molar-refractivity contribution in [1.29, 1.82) is 0 Å². The van der Waals surface area contributed by atoms with E-state index in [4.69, 9.17) is 10.0 Å². The van der Waals surface area contributed by atoms with Crippen molar-refractivity contribution in [2.75, 3.05) is 0 Å². The topological polar surface area (TPSA) is 57.5 Å². The van der Waals surface area contributed by atoms with Crippen LogP contribution in [-0.2, 0) is 4.79 Å². The minimum absolute atomic E-state index is 0.155. The summed E-state index contributed by atoms with van der Waals surface area (Å²) >= 11 is 0. The standard InChI is InChI=1S/C6H11BO3/c1-2-3-6(4-5-8)7(9)10/h2-3,5-6,9-10H,4H2,1H3/b3-2-. The number of aldehydes is 1. The van der Waals surface area contributed by atoms with E-state index in [-0.39, 0.29) is 6.42 Å². The van der Waals surface area contributed by atoms with Crippen LogP contribution in [-0.4, -0.2) is 23.5 Å². The number of carbonyl (C=O) groups is 1. The third-order valence-electron chi connectivity index (χ3n) is 1.19. The maximum Gasteiger partial charge on any atom is 0.459 e. The van der Waals surface area contributed by atoms with Crippen LogP contribution in [0.2, 0.25) is 5.82 Å². The van der Waals surface area contributed by atoms with Crippen LogP contribution in [0.1, 0.15) is 13.3 Å². The molecule has 1 unspecified atom stereocenters. The Kier molecular flexibility index (Phi) is 4.89. The van der Waals surface area contributed by atoms with Gasteiger partial charge in [0.05, 0.1) is 0 Å². The van der Waals surface area contributed by atoms with E-state index in [1.54, 1.807) is 19.1 Å². The molecule has 0 amide bonds. The lowest BCUT2D eigenvalue weighted by molar-refractivity contribution is -0.107. The minimum atomic E-state index is -1.43. The Morgan fingerprint density at radius 2 is 2.20 bits per heavy atom. The smallest absolute Gasteiger partial charge is 0.427 e. The van der Waals surface area contributed by atoms with Gasteiger partial charge in [0.1, 0.15) is 6.29 Å². The summed E-state index contributed by atoms with van der Waals surface area (Å²) in [4.78, 5) is 9.94. The Morgan fingerprint density at radius 1 is 1.60 bits per heavy atom. The molecule has 1 atom stereocenters. The van der Waals surface area contributed by atoms with Crippen LogP contribution in [0.15, 0.2) is 12.2 Å². The SMILES string of the molecule is C/C=C\C(CC=O)B(O)O. The number of carbonyl (C=O) groups excluding carboxylic acids is 1. The van der Waals surface area contributed by atoms with E-state index in [9.17, 15) is 4.79 Å². The van der Waals surface area contributed by atoms with Gasteiger partial charge in [-0.3, -0.25) is 0 Å².